The summed E-state index contributed by atoms with van der Waals surface area (Å²) in [5, 5.41) is 15.3. The Kier molecular flexibility index (Phi) is 7.32. The van der Waals surface area contributed by atoms with Crippen LogP contribution in [0.15, 0.2) is 36.4 Å². The fourth-order valence-corrected chi connectivity index (χ4v) is 4.15. The largest absolute Gasteiger partial charge is 0.488 e. The molecule has 3 atom stereocenters. The second-order valence-electron chi connectivity index (χ2n) is 9.24. The summed E-state index contributed by atoms with van der Waals surface area (Å²) in [6.45, 7) is 4.97. The van der Waals surface area contributed by atoms with Crippen LogP contribution in [0.3, 0.4) is 0 Å². The molecule has 2 aliphatic rings. The summed E-state index contributed by atoms with van der Waals surface area (Å²) >= 11 is 0. The highest BCUT2D eigenvalue weighted by Gasteiger charge is 2.33. The molecule has 0 saturated carbocycles. The molecule has 0 aromatic heterocycles. The first-order valence-electron chi connectivity index (χ1n) is 11.6. The van der Waals surface area contributed by atoms with E-state index in [1.807, 2.05) is 32.8 Å². The lowest BCUT2D eigenvalue weighted by atomic mass is 9.99. The minimum atomic E-state index is -0.470. The van der Waals surface area contributed by atoms with E-state index in [1.54, 1.807) is 41.3 Å². The molecular formula is C25H32N4O6. The number of nitrogens with one attached hydrogen (secondary N) is 2. The Morgan fingerprint density at radius 2 is 1.77 bits per heavy atom. The van der Waals surface area contributed by atoms with Crippen molar-refractivity contribution in [1.29, 1.82) is 0 Å². The van der Waals surface area contributed by atoms with E-state index >= 15 is 0 Å². The van der Waals surface area contributed by atoms with Crippen LogP contribution in [0.5, 0.6) is 17.2 Å². The van der Waals surface area contributed by atoms with Gasteiger partial charge in [-0.05, 0) is 51.4 Å². The number of rotatable bonds is 6. The molecule has 35 heavy (non-hydrogen) atoms. The third kappa shape index (κ3) is 5.60. The van der Waals surface area contributed by atoms with Crippen LogP contribution in [0.1, 0.15) is 24.2 Å². The Hall–Kier alpha value is -3.50. The van der Waals surface area contributed by atoms with E-state index in [9.17, 15) is 14.7 Å². The molecule has 188 valence electrons. The van der Waals surface area contributed by atoms with Crippen molar-refractivity contribution >= 4 is 23.3 Å². The highest BCUT2D eigenvalue weighted by Crippen LogP contribution is 2.34. The van der Waals surface area contributed by atoms with Crippen molar-refractivity contribution in [3.05, 3.63) is 42.0 Å². The minimum Gasteiger partial charge on any atom is -0.488 e. The lowest BCUT2D eigenvalue weighted by molar-refractivity contribution is 0.0363. The van der Waals surface area contributed by atoms with Crippen LogP contribution in [0.4, 0.5) is 16.2 Å². The molecule has 0 unspecified atom stereocenters. The van der Waals surface area contributed by atoms with Crippen LogP contribution in [0.25, 0.3) is 0 Å². The molecule has 10 heteroatoms. The summed E-state index contributed by atoms with van der Waals surface area (Å²) in [4.78, 5) is 29.8. The molecule has 2 aromatic rings. The molecule has 0 fully saturated rings. The van der Waals surface area contributed by atoms with Crippen LogP contribution < -0.4 is 24.8 Å². The number of likely N-dealkylation sites (N-methyl/N-ethyl adjacent to an activating group) is 1. The number of fused-ring (bicyclic) bond motifs is 2. The fraction of sp³-hybridized carbons (Fsp3) is 0.440. The van der Waals surface area contributed by atoms with Gasteiger partial charge in [0.1, 0.15) is 11.9 Å². The Morgan fingerprint density at radius 3 is 2.46 bits per heavy atom. The number of benzene rings is 2. The molecule has 0 radical (unpaired) electrons. The van der Waals surface area contributed by atoms with Crippen molar-refractivity contribution in [3.8, 4) is 17.2 Å². The second-order valence-corrected chi connectivity index (χ2v) is 9.24. The summed E-state index contributed by atoms with van der Waals surface area (Å²) in [6, 6.07) is 9.30. The number of aliphatic hydroxyl groups excluding tert-OH is 1. The number of urea groups is 1. The van der Waals surface area contributed by atoms with Gasteiger partial charge in [0.2, 0.25) is 6.79 Å². The average molecular weight is 485 g/mol. The summed E-state index contributed by atoms with van der Waals surface area (Å²) in [5.41, 5.74) is 1.32. The van der Waals surface area contributed by atoms with E-state index in [1.165, 1.54) is 0 Å². The maximum absolute atomic E-state index is 13.5. The molecule has 3 N–H and O–H groups in total. The zero-order valence-corrected chi connectivity index (χ0v) is 20.4. The maximum atomic E-state index is 13.5. The van der Waals surface area contributed by atoms with E-state index in [2.05, 4.69) is 10.6 Å². The average Bonchev–Trinajstić information content (AvgIpc) is 3.29. The first kappa shape index (κ1) is 24.6. The van der Waals surface area contributed by atoms with E-state index in [-0.39, 0.29) is 37.4 Å². The molecule has 2 aliphatic heterocycles. The number of aliphatic hydroxyl groups is 1. The van der Waals surface area contributed by atoms with E-state index in [4.69, 9.17) is 14.2 Å². The van der Waals surface area contributed by atoms with E-state index < -0.39 is 6.03 Å². The standard InChI is InChI=1S/C25H32N4O6/c1-15-11-29(16(2)13-30)24(31)19-9-17(5-7-20(19)35-23(15)12-28(3)4)26-25(32)27-18-6-8-21-22(10-18)34-14-33-21/h5-10,15-16,23,30H,11-14H2,1-4H3,(H2,26,27,32)/t15-,16-,23-/m0/s1. The normalized spacial score (nSPS) is 19.9. The Labute approximate surface area is 204 Å². The molecule has 10 nitrogen and oxygen atoms in total. The third-order valence-corrected chi connectivity index (χ3v) is 6.10. The van der Waals surface area contributed by atoms with E-state index in [0.29, 0.717) is 47.3 Å². The van der Waals surface area contributed by atoms with Gasteiger partial charge < -0.3 is 39.8 Å². The summed E-state index contributed by atoms with van der Waals surface area (Å²) in [6.07, 6.45) is -0.154. The summed E-state index contributed by atoms with van der Waals surface area (Å²) in [5.74, 6) is 1.43. The number of carbonyl (C=O) groups excluding carboxylic acids is 2. The SMILES string of the molecule is C[C@H]1CN([C@@H](C)CO)C(=O)c2cc(NC(=O)Nc3ccc4c(c3)OCO4)ccc2O[C@H]1CN(C)C. The topological polar surface area (TPSA) is 113 Å². The van der Waals surface area contributed by atoms with Crippen molar-refractivity contribution in [2.24, 2.45) is 5.92 Å². The highest BCUT2D eigenvalue weighted by molar-refractivity contribution is 6.02. The van der Waals surface area contributed by atoms with Gasteiger partial charge in [0.05, 0.1) is 18.2 Å². The Bertz CT molecular complexity index is 1090. The first-order chi connectivity index (χ1) is 16.7. The molecule has 2 heterocycles. The van der Waals surface area contributed by atoms with Crippen LogP contribution in [0.2, 0.25) is 0 Å². The minimum absolute atomic E-state index is 0.0498. The van der Waals surface area contributed by atoms with E-state index in [0.717, 1.165) is 0 Å². The van der Waals surface area contributed by atoms with Crippen molar-refractivity contribution in [3.63, 3.8) is 0 Å². The number of ether oxygens (including phenoxy) is 3. The molecule has 0 spiro atoms. The van der Waals surface area contributed by atoms with Crippen molar-refractivity contribution < 1.29 is 28.9 Å². The van der Waals surface area contributed by atoms with Gasteiger partial charge in [-0.3, -0.25) is 4.79 Å². The zero-order valence-electron chi connectivity index (χ0n) is 20.4. The van der Waals surface area contributed by atoms with Gasteiger partial charge in [0, 0.05) is 36.4 Å². The number of carbonyl (C=O) groups is 2. The smallest absolute Gasteiger partial charge is 0.323 e. The van der Waals surface area contributed by atoms with Crippen molar-refractivity contribution in [1.82, 2.24) is 9.80 Å². The molecule has 0 aliphatic carbocycles. The summed E-state index contributed by atoms with van der Waals surface area (Å²) < 4.78 is 16.9. The number of hydrogen-bond donors (Lipinski definition) is 3. The Balaban J connectivity index is 1.56. The number of nitrogens with zero attached hydrogens (tertiary/aromatic N) is 2. The van der Waals surface area contributed by atoms with Gasteiger partial charge in [-0.25, -0.2) is 4.79 Å². The van der Waals surface area contributed by atoms with Crippen LogP contribution >= 0.6 is 0 Å². The molecule has 4 rings (SSSR count). The molecular weight excluding hydrogens is 452 g/mol. The van der Waals surface area contributed by atoms with Crippen molar-refractivity contribution in [2.45, 2.75) is 26.0 Å². The fourth-order valence-electron chi connectivity index (χ4n) is 4.15. The van der Waals surface area contributed by atoms with Gasteiger partial charge in [-0.2, -0.15) is 0 Å². The predicted molar refractivity (Wildman–Crippen MR) is 131 cm³/mol. The number of amides is 3. The molecule has 2 aromatic carbocycles. The third-order valence-electron chi connectivity index (χ3n) is 6.10. The molecule has 3 amide bonds. The van der Waals surface area contributed by atoms with Gasteiger partial charge in [-0.15, -0.1) is 0 Å². The first-order valence-corrected chi connectivity index (χ1v) is 11.6. The van der Waals surface area contributed by atoms with Gasteiger partial charge in [-0.1, -0.05) is 6.92 Å². The van der Waals surface area contributed by atoms with Crippen molar-refractivity contribution in [2.75, 3.05) is 51.2 Å². The van der Waals surface area contributed by atoms with Gasteiger partial charge in [0.15, 0.2) is 11.5 Å². The lowest BCUT2D eigenvalue weighted by Crippen LogP contribution is -2.49. The Morgan fingerprint density at radius 1 is 1.11 bits per heavy atom. The monoisotopic (exact) mass is 484 g/mol. The van der Waals surface area contributed by atoms with Crippen LogP contribution in [-0.4, -0.2) is 79.6 Å². The number of hydrogen-bond acceptors (Lipinski definition) is 7. The highest BCUT2D eigenvalue weighted by atomic mass is 16.7. The zero-order chi connectivity index (χ0) is 25.1. The predicted octanol–water partition coefficient (Wildman–Crippen LogP) is 2.84. The summed E-state index contributed by atoms with van der Waals surface area (Å²) in [7, 11) is 3.95. The number of anilines is 2. The molecule has 0 saturated heterocycles. The quantitative estimate of drug-likeness (QED) is 0.578. The second kappa shape index (κ2) is 10.4. The van der Waals surface area contributed by atoms with Gasteiger partial charge in [0.25, 0.3) is 5.91 Å². The maximum Gasteiger partial charge on any atom is 0.323 e. The van der Waals surface area contributed by atoms with Crippen LogP contribution in [0, 0.1) is 5.92 Å². The molecule has 0 bridgehead atoms. The lowest BCUT2D eigenvalue weighted by Gasteiger charge is -2.37. The van der Waals surface area contributed by atoms with Gasteiger partial charge >= 0.3 is 6.03 Å². The van der Waals surface area contributed by atoms with Crippen LogP contribution in [-0.2, 0) is 0 Å².